The Kier molecular flexibility index (Phi) is 3.70. The second-order valence-corrected chi connectivity index (χ2v) is 5.85. The molecule has 0 bridgehead atoms. The van der Waals surface area contributed by atoms with Gasteiger partial charge in [0.1, 0.15) is 0 Å². The highest BCUT2D eigenvalue weighted by molar-refractivity contribution is 7.13. The predicted octanol–water partition coefficient (Wildman–Crippen LogP) is 1.60. The molecule has 19 heavy (non-hydrogen) atoms. The fourth-order valence-electron chi connectivity index (χ4n) is 2.87. The largest absolute Gasteiger partial charge is 0.461 e. The standard InChI is InChI=1S/C13H19N3O2S/c1-2-18-12(17)11-9-19-13(14-11)16-7-6-15-5-3-4-10(15)8-16/h9-10H,2-8H2,1H3. The van der Waals surface area contributed by atoms with E-state index in [1.54, 1.807) is 5.38 Å². The maximum atomic E-state index is 11.6. The van der Waals surface area contributed by atoms with E-state index in [-0.39, 0.29) is 5.97 Å². The minimum atomic E-state index is -0.315. The van der Waals surface area contributed by atoms with Gasteiger partial charge in [-0.15, -0.1) is 11.3 Å². The minimum Gasteiger partial charge on any atom is -0.461 e. The van der Waals surface area contributed by atoms with Gasteiger partial charge in [0.05, 0.1) is 6.61 Å². The van der Waals surface area contributed by atoms with Crippen molar-refractivity contribution in [2.24, 2.45) is 0 Å². The molecule has 2 aliphatic heterocycles. The van der Waals surface area contributed by atoms with Gasteiger partial charge in [-0.05, 0) is 26.3 Å². The number of hydrogen-bond donors (Lipinski definition) is 0. The van der Waals surface area contributed by atoms with Crippen LogP contribution in [0.3, 0.4) is 0 Å². The second-order valence-electron chi connectivity index (χ2n) is 5.01. The van der Waals surface area contributed by atoms with Crippen LogP contribution in [0, 0.1) is 0 Å². The van der Waals surface area contributed by atoms with Gasteiger partial charge in [-0.25, -0.2) is 9.78 Å². The second kappa shape index (κ2) is 5.46. The Labute approximate surface area is 117 Å². The molecule has 5 nitrogen and oxygen atoms in total. The first-order chi connectivity index (χ1) is 9.28. The first-order valence-corrected chi connectivity index (χ1v) is 7.77. The molecule has 2 saturated heterocycles. The van der Waals surface area contributed by atoms with E-state index in [0.29, 0.717) is 18.3 Å². The molecule has 0 aromatic carbocycles. The molecule has 0 radical (unpaired) electrons. The van der Waals surface area contributed by atoms with E-state index in [9.17, 15) is 4.79 Å². The smallest absolute Gasteiger partial charge is 0.357 e. The number of aromatic nitrogens is 1. The van der Waals surface area contributed by atoms with Crippen molar-refractivity contribution in [1.82, 2.24) is 9.88 Å². The van der Waals surface area contributed by atoms with Gasteiger partial charge in [-0.2, -0.15) is 0 Å². The number of hydrogen-bond acceptors (Lipinski definition) is 6. The monoisotopic (exact) mass is 281 g/mol. The molecule has 3 heterocycles. The molecule has 0 N–H and O–H groups in total. The van der Waals surface area contributed by atoms with Crippen LogP contribution in [0.5, 0.6) is 0 Å². The highest BCUT2D eigenvalue weighted by Crippen LogP contribution is 2.27. The summed E-state index contributed by atoms with van der Waals surface area (Å²) in [6.45, 7) is 6.60. The third kappa shape index (κ3) is 2.60. The molecule has 6 heteroatoms. The lowest BCUT2D eigenvalue weighted by molar-refractivity contribution is 0.0520. The number of carbonyl (C=O) groups is 1. The number of esters is 1. The summed E-state index contributed by atoms with van der Waals surface area (Å²) in [5.41, 5.74) is 0.440. The number of thiazole rings is 1. The highest BCUT2D eigenvalue weighted by atomic mass is 32.1. The molecule has 0 amide bonds. The van der Waals surface area contributed by atoms with Gasteiger partial charge < -0.3 is 9.64 Å². The maximum absolute atomic E-state index is 11.6. The van der Waals surface area contributed by atoms with Crippen molar-refractivity contribution in [1.29, 1.82) is 0 Å². The van der Waals surface area contributed by atoms with Gasteiger partial charge in [-0.3, -0.25) is 4.90 Å². The van der Waals surface area contributed by atoms with Crippen molar-refractivity contribution in [3.05, 3.63) is 11.1 Å². The maximum Gasteiger partial charge on any atom is 0.357 e. The predicted molar refractivity (Wildman–Crippen MR) is 74.9 cm³/mol. The summed E-state index contributed by atoms with van der Waals surface area (Å²) in [7, 11) is 0. The summed E-state index contributed by atoms with van der Waals surface area (Å²) in [6.07, 6.45) is 2.59. The van der Waals surface area contributed by atoms with Gasteiger partial charge >= 0.3 is 5.97 Å². The van der Waals surface area contributed by atoms with Gasteiger partial charge in [-0.1, -0.05) is 0 Å². The molecule has 1 aromatic rings. The number of ether oxygens (including phenoxy) is 1. The molecule has 0 saturated carbocycles. The van der Waals surface area contributed by atoms with Crippen LogP contribution in [0.15, 0.2) is 5.38 Å². The zero-order valence-corrected chi connectivity index (χ0v) is 12.0. The summed E-state index contributed by atoms with van der Waals surface area (Å²) in [4.78, 5) is 20.9. The normalized spacial score (nSPS) is 23.4. The van der Waals surface area contributed by atoms with Crippen LogP contribution in [0.1, 0.15) is 30.3 Å². The van der Waals surface area contributed by atoms with Crippen LogP contribution in [-0.4, -0.2) is 54.7 Å². The van der Waals surface area contributed by atoms with Crippen molar-refractivity contribution in [3.8, 4) is 0 Å². The van der Waals surface area contributed by atoms with Crippen LogP contribution >= 0.6 is 11.3 Å². The Morgan fingerprint density at radius 3 is 3.26 bits per heavy atom. The molecule has 104 valence electrons. The average Bonchev–Trinajstić information content (AvgIpc) is 3.07. The summed E-state index contributed by atoms with van der Waals surface area (Å²) < 4.78 is 4.98. The number of rotatable bonds is 3. The molecular weight excluding hydrogens is 262 g/mol. The zero-order chi connectivity index (χ0) is 13.2. The molecule has 2 fully saturated rings. The van der Waals surface area contributed by atoms with E-state index in [1.165, 1.54) is 30.7 Å². The Bertz CT molecular complexity index is 462. The summed E-state index contributed by atoms with van der Waals surface area (Å²) in [6, 6.07) is 0.670. The van der Waals surface area contributed by atoms with E-state index in [2.05, 4.69) is 14.8 Å². The number of fused-ring (bicyclic) bond motifs is 1. The third-order valence-corrected chi connectivity index (χ3v) is 4.74. The molecule has 3 rings (SSSR count). The summed E-state index contributed by atoms with van der Waals surface area (Å²) in [5, 5.41) is 2.75. The zero-order valence-electron chi connectivity index (χ0n) is 11.2. The topological polar surface area (TPSA) is 45.7 Å². The summed E-state index contributed by atoms with van der Waals surface area (Å²) >= 11 is 1.54. The number of carbonyl (C=O) groups excluding carboxylic acids is 1. The fraction of sp³-hybridized carbons (Fsp3) is 0.692. The summed E-state index contributed by atoms with van der Waals surface area (Å²) in [5.74, 6) is -0.315. The lowest BCUT2D eigenvalue weighted by atomic mass is 10.2. The Morgan fingerprint density at radius 1 is 1.53 bits per heavy atom. The van der Waals surface area contributed by atoms with Gasteiger partial charge in [0.2, 0.25) is 0 Å². The Balaban J connectivity index is 1.67. The van der Waals surface area contributed by atoms with Crippen LogP contribution in [0.25, 0.3) is 0 Å². The Hall–Kier alpha value is -1.14. The molecule has 2 aliphatic rings. The lowest BCUT2D eigenvalue weighted by Crippen LogP contribution is -2.50. The Morgan fingerprint density at radius 2 is 2.42 bits per heavy atom. The molecule has 1 unspecified atom stereocenters. The van der Waals surface area contributed by atoms with Crippen LogP contribution in [0.2, 0.25) is 0 Å². The van der Waals surface area contributed by atoms with Crippen molar-refractivity contribution in [2.45, 2.75) is 25.8 Å². The third-order valence-electron chi connectivity index (χ3n) is 3.83. The molecule has 1 atom stereocenters. The highest BCUT2D eigenvalue weighted by Gasteiger charge is 2.31. The van der Waals surface area contributed by atoms with E-state index < -0.39 is 0 Å². The van der Waals surface area contributed by atoms with Crippen LogP contribution in [-0.2, 0) is 4.74 Å². The van der Waals surface area contributed by atoms with Gasteiger partial charge in [0, 0.05) is 31.1 Å². The molecule has 0 spiro atoms. The number of nitrogens with zero attached hydrogens (tertiary/aromatic N) is 3. The fourth-order valence-corrected chi connectivity index (χ4v) is 3.71. The average molecular weight is 281 g/mol. The van der Waals surface area contributed by atoms with Gasteiger partial charge in [0.25, 0.3) is 0 Å². The number of piperazine rings is 1. The van der Waals surface area contributed by atoms with Gasteiger partial charge in [0.15, 0.2) is 10.8 Å². The SMILES string of the molecule is CCOC(=O)c1csc(N2CCN3CCCC3C2)n1. The van der Waals surface area contributed by atoms with Crippen molar-refractivity contribution >= 4 is 22.4 Å². The van der Waals surface area contributed by atoms with Crippen LogP contribution in [0.4, 0.5) is 5.13 Å². The van der Waals surface area contributed by atoms with Crippen molar-refractivity contribution in [3.63, 3.8) is 0 Å². The molecule has 1 aromatic heterocycles. The quantitative estimate of drug-likeness (QED) is 0.788. The van der Waals surface area contributed by atoms with Crippen molar-refractivity contribution < 1.29 is 9.53 Å². The minimum absolute atomic E-state index is 0.315. The first-order valence-electron chi connectivity index (χ1n) is 6.89. The van der Waals surface area contributed by atoms with E-state index in [0.717, 1.165) is 24.8 Å². The lowest BCUT2D eigenvalue weighted by Gasteiger charge is -2.37. The van der Waals surface area contributed by atoms with Crippen LogP contribution < -0.4 is 4.90 Å². The number of anilines is 1. The van der Waals surface area contributed by atoms with E-state index in [4.69, 9.17) is 4.74 Å². The first kappa shape index (κ1) is 12.9. The van der Waals surface area contributed by atoms with Crippen molar-refractivity contribution in [2.75, 3.05) is 37.7 Å². The van der Waals surface area contributed by atoms with E-state index >= 15 is 0 Å². The molecule has 0 aliphatic carbocycles. The van der Waals surface area contributed by atoms with E-state index in [1.807, 2.05) is 6.92 Å². The molecular formula is C13H19N3O2S.